The van der Waals surface area contributed by atoms with Crippen LogP contribution >= 0.6 is 0 Å². The van der Waals surface area contributed by atoms with E-state index in [0.29, 0.717) is 6.42 Å². The number of benzene rings is 1. The number of rotatable bonds is 3. The standard InChI is InChI=1S/C27H30FN3O8/c1-9(2)4-14-26(38)30-20-13(8-31(14)3)19(28)12-6-10-5-11-7-15(32)18(25(29)37)24(36)27(11,39)23(35)16(10)21(33)17(12)22(20)34/h9-11,14,32,34-35,39H,4-8H2,1-3H3,(H2,29,37)(H,30,38)/t10?,11-,14-,27-/m0/s1. The van der Waals surface area contributed by atoms with Crippen LogP contribution < -0.4 is 11.1 Å². The number of carbonyl (C=O) groups is 4. The molecule has 0 spiro atoms. The van der Waals surface area contributed by atoms with Gasteiger partial charge in [-0.3, -0.25) is 24.1 Å². The quantitative estimate of drug-likeness (QED) is 0.242. The average Bonchev–Trinajstić information content (AvgIpc) is 2.96. The zero-order valence-corrected chi connectivity index (χ0v) is 21.7. The lowest BCUT2D eigenvalue weighted by Crippen LogP contribution is -2.57. The highest BCUT2D eigenvalue weighted by molar-refractivity contribution is 6.24. The summed E-state index contributed by atoms with van der Waals surface area (Å²) < 4.78 is 16.1. The first-order valence-electron chi connectivity index (χ1n) is 12.7. The van der Waals surface area contributed by atoms with Crippen LogP contribution in [0.2, 0.25) is 0 Å². The van der Waals surface area contributed by atoms with Crippen molar-refractivity contribution in [2.45, 2.75) is 57.7 Å². The third-order valence-corrected chi connectivity index (χ3v) is 8.45. The number of anilines is 1. The fourth-order valence-corrected chi connectivity index (χ4v) is 6.55. The Morgan fingerprint density at radius 3 is 2.46 bits per heavy atom. The van der Waals surface area contributed by atoms with E-state index in [2.05, 4.69) is 5.32 Å². The van der Waals surface area contributed by atoms with Crippen molar-refractivity contribution in [3.8, 4) is 5.75 Å². The number of likely N-dealkylation sites (N-methyl/N-ethyl adjacent to an activating group) is 1. The summed E-state index contributed by atoms with van der Waals surface area (Å²) in [4.78, 5) is 53.3. The van der Waals surface area contributed by atoms with Gasteiger partial charge in [0.25, 0.3) is 5.91 Å². The second-order valence-electron chi connectivity index (χ2n) is 11.3. The summed E-state index contributed by atoms with van der Waals surface area (Å²) in [6.45, 7) is 3.86. The summed E-state index contributed by atoms with van der Waals surface area (Å²) in [7, 11) is 1.67. The van der Waals surface area contributed by atoms with Crippen LogP contribution in [0.4, 0.5) is 10.1 Å². The molecule has 0 aromatic heterocycles. The highest BCUT2D eigenvalue weighted by atomic mass is 19.1. The second-order valence-corrected chi connectivity index (χ2v) is 11.3. The summed E-state index contributed by atoms with van der Waals surface area (Å²) in [6, 6.07) is -0.610. The molecule has 208 valence electrons. The first kappa shape index (κ1) is 26.8. The highest BCUT2D eigenvalue weighted by Crippen LogP contribution is 2.53. The number of aliphatic hydroxyl groups is 3. The number of nitrogens with two attached hydrogens (primary N) is 1. The van der Waals surface area contributed by atoms with Crippen LogP contribution in [0.3, 0.4) is 0 Å². The minimum atomic E-state index is -2.71. The van der Waals surface area contributed by atoms with Crippen molar-refractivity contribution in [1.82, 2.24) is 4.90 Å². The van der Waals surface area contributed by atoms with Crippen LogP contribution in [0.25, 0.3) is 0 Å². The van der Waals surface area contributed by atoms with Gasteiger partial charge < -0.3 is 31.5 Å². The van der Waals surface area contributed by atoms with Crippen molar-refractivity contribution in [3.05, 3.63) is 45.2 Å². The number of hydrogen-bond donors (Lipinski definition) is 6. The number of halogens is 1. The molecular formula is C27H30FN3O8. The van der Waals surface area contributed by atoms with Gasteiger partial charge in [-0.15, -0.1) is 0 Å². The molecule has 1 aliphatic heterocycles. The zero-order chi connectivity index (χ0) is 28.7. The van der Waals surface area contributed by atoms with E-state index in [1.807, 2.05) is 13.8 Å². The van der Waals surface area contributed by atoms with Crippen molar-refractivity contribution < 1.29 is 44.0 Å². The van der Waals surface area contributed by atoms with Gasteiger partial charge in [0.15, 0.2) is 17.1 Å². The number of ketones is 2. The Kier molecular flexibility index (Phi) is 6.11. The van der Waals surface area contributed by atoms with E-state index in [1.54, 1.807) is 11.9 Å². The SMILES string of the molecule is CC(C)C[C@H]1C(=O)Nc2c(O)c3c(c(F)c2CN1C)CC1C[C@H]2CC(O)=C(C(N)=O)C(=O)[C@@]2(O)C(O)=C1C3=O. The first-order valence-corrected chi connectivity index (χ1v) is 12.7. The fraction of sp³-hybridized carbons (Fsp3) is 0.481. The molecule has 1 unspecified atom stereocenters. The molecule has 3 aliphatic carbocycles. The van der Waals surface area contributed by atoms with Gasteiger partial charge in [-0.1, -0.05) is 13.8 Å². The Balaban J connectivity index is 1.65. The molecule has 0 radical (unpaired) electrons. The first-order chi connectivity index (χ1) is 18.2. The van der Waals surface area contributed by atoms with Gasteiger partial charge in [0.1, 0.15) is 22.9 Å². The third-order valence-electron chi connectivity index (χ3n) is 8.45. The van der Waals surface area contributed by atoms with Gasteiger partial charge in [-0.2, -0.15) is 0 Å². The molecule has 5 rings (SSSR count). The molecule has 0 saturated heterocycles. The number of primary amides is 1. The van der Waals surface area contributed by atoms with Crippen LogP contribution in [-0.4, -0.2) is 67.4 Å². The van der Waals surface area contributed by atoms with E-state index in [1.165, 1.54) is 0 Å². The number of carbonyl (C=O) groups excluding carboxylic acids is 4. The second kappa shape index (κ2) is 8.88. The Labute approximate surface area is 222 Å². The Morgan fingerprint density at radius 1 is 1.18 bits per heavy atom. The molecule has 0 saturated carbocycles. The highest BCUT2D eigenvalue weighted by Gasteiger charge is 2.60. The smallest absolute Gasteiger partial charge is 0.255 e. The Morgan fingerprint density at radius 2 is 1.85 bits per heavy atom. The van der Waals surface area contributed by atoms with Crippen molar-refractivity contribution in [2.24, 2.45) is 23.5 Å². The summed E-state index contributed by atoms with van der Waals surface area (Å²) in [5.74, 6) is -9.05. The summed E-state index contributed by atoms with van der Waals surface area (Å²) in [5.41, 5.74) is 0.412. The number of nitrogens with zero attached hydrogens (tertiary/aromatic N) is 1. The fourth-order valence-electron chi connectivity index (χ4n) is 6.55. The van der Waals surface area contributed by atoms with Crippen LogP contribution in [0.1, 0.15) is 54.6 Å². The average molecular weight is 544 g/mol. The molecule has 39 heavy (non-hydrogen) atoms. The van der Waals surface area contributed by atoms with Gasteiger partial charge in [0, 0.05) is 35.6 Å². The number of phenols is 1. The van der Waals surface area contributed by atoms with E-state index in [-0.39, 0.29) is 48.5 Å². The maximum absolute atomic E-state index is 16.1. The maximum Gasteiger partial charge on any atom is 0.255 e. The molecule has 1 aromatic rings. The van der Waals surface area contributed by atoms with Gasteiger partial charge in [-0.05, 0) is 38.1 Å². The van der Waals surface area contributed by atoms with E-state index >= 15 is 4.39 Å². The van der Waals surface area contributed by atoms with Crippen molar-refractivity contribution in [1.29, 1.82) is 0 Å². The molecule has 7 N–H and O–H groups in total. The maximum atomic E-state index is 16.1. The number of allylic oxidation sites excluding steroid dienone is 2. The lowest BCUT2D eigenvalue weighted by Gasteiger charge is -2.45. The van der Waals surface area contributed by atoms with Gasteiger partial charge in [-0.25, -0.2) is 4.39 Å². The van der Waals surface area contributed by atoms with Crippen molar-refractivity contribution >= 4 is 29.1 Å². The lowest BCUT2D eigenvalue weighted by atomic mass is 9.60. The minimum absolute atomic E-state index is 0.0175. The van der Waals surface area contributed by atoms with Crippen LogP contribution in [0.15, 0.2) is 22.7 Å². The van der Waals surface area contributed by atoms with Crippen molar-refractivity contribution in [2.75, 3.05) is 12.4 Å². The van der Waals surface area contributed by atoms with E-state index in [9.17, 15) is 39.6 Å². The number of Topliss-reactive ketones (excluding diaryl/α,β-unsaturated/α-hetero) is 2. The Hall–Kier alpha value is -3.77. The summed E-state index contributed by atoms with van der Waals surface area (Å²) in [5, 5.41) is 46.5. The molecule has 12 heteroatoms. The van der Waals surface area contributed by atoms with Crippen LogP contribution in [0.5, 0.6) is 5.75 Å². The number of aromatic hydroxyl groups is 1. The monoisotopic (exact) mass is 543 g/mol. The zero-order valence-electron chi connectivity index (χ0n) is 21.7. The van der Waals surface area contributed by atoms with Gasteiger partial charge in [0.05, 0.1) is 17.3 Å². The molecular weight excluding hydrogens is 513 g/mol. The molecule has 2 amide bonds. The number of nitrogens with one attached hydrogen (secondary N) is 1. The molecule has 0 fully saturated rings. The van der Waals surface area contributed by atoms with E-state index in [0.717, 1.165) is 0 Å². The number of aliphatic hydroxyl groups excluding tert-OH is 2. The van der Waals surface area contributed by atoms with Crippen molar-refractivity contribution in [3.63, 3.8) is 0 Å². The largest absolute Gasteiger partial charge is 0.511 e. The van der Waals surface area contributed by atoms with Crippen LogP contribution in [0, 0.1) is 23.6 Å². The van der Waals surface area contributed by atoms with Gasteiger partial charge in [0.2, 0.25) is 11.7 Å². The summed E-state index contributed by atoms with van der Waals surface area (Å²) in [6.07, 6.45) is -0.162. The third kappa shape index (κ3) is 3.69. The molecule has 11 nitrogen and oxygen atoms in total. The number of phenolic OH excluding ortho intramolecular Hbond substituents is 1. The predicted molar refractivity (Wildman–Crippen MR) is 134 cm³/mol. The topological polar surface area (TPSA) is 190 Å². The van der Waals surface area contributed by atoms with Crippen LogP contribution in [-0.2, 0) is 27.3 Å². The Bertz CT molecular complexity index is 1430. The predicted octanol–water partition coefficient (Wildman–Crippen LogP) is 1.52. The molecule has 0 bridgehead atoms. The normalized spacial score (nSPS) is 29.0. The number of fused-ring (bicyclic) bond motifs is 4. The minimum Gasteiger partial charge on any atom is -0.511 e. The van der Waals surface area contributed by atoms with E-state index in [4.69, 9.17) is 5.73 Å². The number of hydrogen-bond acceptors (Lipinski definition) is 9. The molecule has 4 aliphatic rings. The lowest BCUT2D eigenvalue weighted by molar-refractivity contribution is -0.144. The molecule has 1 aromatic carbocycles. The number of amides is 2. The summed E-state index contributed by atoms with van der Waals surface area (Å²) >= 11 is 0. The molecule has 4 atom stereocenters. The van der Waals surface area contributed by atoms with Gasteiger partial charge >= 0.3 is 0 Å². The molecule has 1 heterocycles. The van der Waals surface area contributed by atoms with E-state index < -0.39 is 86.7 Å².